The number of hydrogen-bond acceptors (Lipinski definition) is 2. The average molecular weight is 373 g/mol. The third-order valence-corrected chi connectivity index (χ3v) is 7.25. The monoisotopic (exact) mass is 372 g/mol. The number of rotatable bonds is 0. The zero-order valence-corrected chi connectivity index (χ0v) is 16.2. The van der Waals surface area contributed by atoms with Gasteiger partial charge in [-0.15, -0.1) is 0 Å². The Hall–Kier alpha value is -1.90. The van der Waals surface area contributed by atoms with E-state index in [0.29, 0.717) is 0 Å². The van der Waals surface area contributed by atoms with Crippen LogP contribution in [0.25, 0.3) is 21.5 Å². The van der Waals surface area contributed by atoms with Crippen molar-refractivity contribution in [1.82, 2.24) is 0 Å². The summed E-state index contributed by atoms with van der Waals surface area (Å²) >= 11 is 4.07. The zero-order chi connectivity index (χ0) is 17.3. The van der Waals surface area contributed by atoms with Crippen LogP contribution in [0.3, 0.4) is 0 Å². The van der Waals surface area contributed by atoms with Gasteiger partial charge in [-0.3, -0.25) is 0 Å². The Kier molecular flexibility index (Phi) is 4.40. The van der Waals surface area contributed by atoms with Crippen molar-refractivity contribution in [1.29, 1.82) is 0 Å². The topological polar surface area (TPSA) is 0 Å². The highest BCUT2D eigenvalue weighted by molar-refractivity contribution is 7.98. The lowest BCUT2D eigenvalue weighted by Crippen LogP contribution is -1.95. The summed E-state index contributed by atoms with van der Waals surface area (Å²) in [5, 5.41) is 5.70. The second kappa shape index (κ2) is 7.02. The van der Waals surface area contributed by atoms with E-state index in [-0.39, 0.29) is 0 Å². The number of hydrogen-bond donors (Lipinski definition) is 0. The quantitative estimate of drug-likeness (QED) is 0.321. The van der Waals surface area contributed by atoms with E-state index >= 15 is 0 Å². The standard InChI is InChI=1S/C24H20S2/c1-5-17-6-2-10-20-14-26-16-22-12-4-8-18-7-3-11-21(24(18)22)15-25-13-19(9-1)23(17)20/h1-12H,13-16H2. The summed E-state index contributed by atoms with van der Waals surface area (Å²) in [6.45, 7) is 0. The van der Waals surface area contributed by atoms with Gasteiger partial charge in [0.25, 0.3) is 0 Å². The molecule has 1 aliphatic rings. The second-order valence-electron chi connectivity index (χ2n) is 6.85. The molecule has 0 aliphatic carbocycles. The fraction of sp³-hybridized carbons (Fsp3) is 0.167. The first-order valence-electron chi connectivity index (χ1n) is 9.04. The fourth-order valence-electron chi connectivity index (χ4n) is 4.03. The highest BCUT2D eigenvalue weighted by Gasteiger charge is 2.11. The lowest BCUT2D eigenvalue weighted by Gasteiger charge is -2.16. The molecule has 0 aromatic heterocycles. The molecule has 0 fully saturated rings. The van der Waals surface area contributed by atoms with Gasteiger partial charge in [-0.1, -0.05) is 72.8 Å². The molecular formula is C24H20S2. The molecule has 1 aliphatic heterocycles. The Bertz CT molecular complexity index is 931. The van der Waals surface area contributed by atoms with Gasteiger partial charge < -0.3 is 0 Å². The first kappa shape index (κ1) is 16.3. The maximum Gasteiger partial charge on any atom is 0.0194 e. The van der Waals surface area contributed by atoms with Gasteiger partial charge >= 0.3 is 0 Å². The van der Waals surface area contributed by atoms with Crippen LogP contribution in [-0.4, -0.2) is 0 Å². The van der Waals surface area contributed by atoms with E-state index in [0.717, 1.165) is 23.0 Å². The number of benzene rings is 4. The Labute approximate surface area is 163 Å². The van der Waals surface area contributed by atoms with Crippen LogP contribution in [0, 0.1) is 0 Å². The van der Waals surface area contributed by atoms with Crippen LogP contribution in [-0.2, 0) is 23.0 Å². The zero-order valence-electron chi connectivity index (χ0n) is 14.6. The molecule has 4 aromatic rings. The minimum absolute atomic E-state index is 1.07. The summed E-state index contributed by atoms with van der Waals surface area (Å²) in [7, 11) is 0. The summed E-state index contributed by atoms with van der Waals surface area (Å²) in [6.07, 6.45) is 0. The van der Waals surface area contributed by atoms with E-state index in [1.165, 1.54) is 43.8 Å². The summed E-state index contributed by atoms with van der Waals surface area (Å²) in [4.78, 5) is 0. The SMILES string of the molecule is c1cc2c3c(cccc3c1)CSCc1cccc3cccc(c13)CSC2. The molecule has 0 unspecified atom stereocenters. The summed E-state index contributed by atoms with van der Waals surface area (Å²) in [5.74, 6) is 4.27. The smallest absolute Gasteiger partial charge is 0.0194 e. The predicted octanol–water partition coefficient (Wildman–Crippen LogP) is 7.17. The van der Waals surface area contributed by atoms with Crippen LogP contribution in [0.2, 0.25) is 0 Å². The molecule has 2 heteroatoms. The van der Waals surface area contributed by atoms with Crippen molar-refractivity contribution >= 4 is 45.1 Å². The molecule has 0 atom stereocenters. The van der Waals surface area contributed by atoms with E-state index in [4.69, 9.17) is 0 Å². The summed E-state index contributed by atoms with van der Waals surface area (Å²) < 4.78 is 0. The molecule has 0 nitrogen and oxygen atoms in total. The largest absolute Gasteiger partial charge is 0.152 e. The van der Waals surface area contributed by atoms with Gasteiger partial charge in [0.1, 0.15) is 0 Å². The van der Waals surface area contributed by atoms with Crippen molar-refractivity contribution in [3.8, 4) is 0 Å². The molecule has 0 N–H and O–H groups in total. The van der Waals surface area contributed by atoms with Crippen molar-refractivity contribution in [2.24, 2.45) is 0 Å². The molecule has 0 saturated heterocycles. The molecule has 128 valence electrons. The minimum atomic E-state index is 1.07. The molecule has 0 spiro atoms. The van der Waals surface area contributed by atoms with E-state index in [1.54, 1.807) is 0 Å². The van der Waals surface area contributed by atoms with Crippen LogP contribution in [0.4, 0.5) is 0 Å². The molecule has 4 aromatic carbocycles. The molecule has 1 heterocycles. The predicted molar refractivity (Wildman–Crippen MR) is 118 cm³/mol. The van der Waals surface area contributed by atoms with Crippen molar-refractivity contribution in [3.63, 3.8) is 0 Å². The Morgan fingerprint density at radius 3 is 1.04 bits per heavy atom. The second-order valence-corrected chi connectivity index (χ2v) is 8.82. The highest BCUT2D eigenvalue weighted by atomic mass is 32.2. The molecule has 5 rings (SSSR count). The Balaban J connectivity index is 1.63. The minimum Gasteiger partial charge on any atom is -0.152 e. The lowest BCUT2D eigenvalue weighted by molar-refractivity contribution is 1.34. The normalized spacial score (nSPS) is 14.8. The Morgan fingerprint density at radius 1 is 0.423 bits per heavy atom. The molecule has 26 heavy (non-hydrogen) atoms. The van der Waals surface area contributed by atoms with Gasteiger partial charge in [0.05, 0.1) is 0 Å². The first-order chi connectivity index (χ1) is 12.9. The van der Waals surface area contributed by atoms with Gasteiger partial charge in [-0.05, 0) is 43.8 Å². The number of thioether (sulfide) groups is 2. The maximum atomic E-state index is 2.31. The molecule has 0 radical (unpaired) electrons. The van der Waals surface area contributed by atoms with Crippen LogP contribution < -0.4 is 0 Å². The maximum absolute atomic E-state index is 2.31. The van der Waals surface area contributed by atoms with E-state index in [2.05, 4.69) is 72.8 Å². The third kappa shape index (κ3) is 2.91. The van der Waals surface area contributed by atoms with Crippen LogP contribution >= 0.6 is 23.5 Å². The van der Waals surface area contributed by atoms with E-state index < -0.39 is 0 Å². The summed E-state index contributed by atoms with van der Waals surface area (Å²) in [5.41, 5.74) is 5.91. The van der Waals surface area contributed by atoms with Crippen molar-refractivity contribution in [2.45, 2.75) is 23.0 Å². The van der Waals surface area contributed by atoms with Gasteiger partial charge in [-0.25, -0.2) is 0 Å². The first-order valence-corrected chi connectivity index (χ1v) is 11.4. The molecule has 0 saturated carbocycles. The van der Waals surface area contributed by atoms with Gasteiger partial charge in [0, 0.05) is 23.0 Å². The van der Waals surface area contributed by atoms with Crippen molar-refractivity contribution < 1.29 is 0 Å². The molecule has 0 bridgehead atoms. The van der Waals surface area contributed by atoms with E-state index in [9.17, 15) is 0 Å². The van der Waals surface area contributed by atoms with Crippen LogP contribution in [0.5, 0.6) is 0 Å². The molecule has 0 amide bonds. The van der Waals surface area contributed by atoms with Gasteiger partial charge in [-0.2, -0.15) is 23.5 Å². The lowest BCUT2D eigenvalue weighted by atomic mass is 10.0. The molecular weight excluding hydrogens is 352 g/mol. The van der Waals surface area contributed by atoms with Crippen molar-refractivity contribution in [3.05, 3.63) is 95.1 Å². The highest BCUT2D eigenvalue weighted by Crippen LogP contribution is 2.34. The van der Waals surface area contributed by atoms with Crippen LogP contribution in [0.1, 0.15) is 22.3 Å². The fourth-order valence-corrected chi connectivity index (χ4v) is 6.07. The van der Waals surface area contributed by atoms with Gasteiger partial charge in [0.2, 0.25) is 0 Å². The van der Waals surface area contributed by atoms with Crippen LogP contribution in [0.15, 0.2) is 72.8 Å². The Morgan fingerprint density at radius 2 is 0.731 bits per heavy atom. The van der Waals surface area contributed by atoms with E-state index in [1.807, 2.05) is 23.5 Å². The van der Waals surface area contributed by atoms with Gasteiger partial charge in [0.15, 0.2) is 0 Å². The average Bonchev–Trinajstić information content (AvgIpc) is 2.67. The van der Waals surface area contributed by atoms with Crippen molar-refractivity contribution in [2.75, 3.05) is 0 Å². The summed E-state index contributed by atoms with van der Waals surface area (Å²) in [6, 6.07) is 27.1. The third-order valence-electron chi connectivity index (χ3n) is 5.18.